The number of aliphatic hydroxyl groups is 2. The second kappa shape index (κ2) is 4.67. The average Bonchev–Trinajstić information content (AvgIpc) is 2.54. The summed E-state index contributed by atoms with van der Waals surface area (Å²) in [4.78, 5) is 2.11. The number of hydrogen-bond acceptors (Lipinski definition) is 4. The molecular weight excluding hydrogens is 216 g/mol. The third-order valence-electron chi connectivity index (χ3n) is 2.91. The van der Waals surface area contributed by atoms with Crippen LogP contribution in [-0.2, 0) is 0 Å². The number of hydrogen-bond donors (Lipinski definition) is 3. The lowest BCUT2D eigenvalue weighted by molar-refractivity contribution is 0.406. The summed E-state index contributed by atoms with van der Waals surface area (Å²) in [7, 11) is 4.06. The first-order valence-electron chi connectivity index (χ1n) is 5.71. The third kappa shape index (κ3) is 2.53. The fourth-order valence-electron chi connectivity index (χ4n) is 1.95. The molecule has 3 N–H and O–H groups in total. The molecule has 2 aliphatic carbocycles. The molecule has 0 atom stereocenters. The summed E-state index contributed by atoms with van der Waals surface area (Å²) >= 11 is 0. The summed E-state index contributed by atoms with van der Waals surface area (Å²) in [6, 6.07) is 0. The Bertz CT molecular complexity index is 442. The first-order chi connectivity index (χ1) is 8.08. The molecule has 4 heteroatoms. The highest BCUT2D eigenvalue weighted by Crippen LogP contribution is 2.35. The molecule has 0 saturated heterocycles. The monoisotopic (exact) mass is 234 g/mol. The number of nitrogens with one attached hydrogen (secondary N) is 1. The second-order valence-electron chi connectivity index (χ2n) is 4.57. The van der Waals surface area contributed by atoms with E-state index in [0.717, 1.165) is 29.9 Å². The van der Waals surface area contributed by atoms with Crippen LogP contribution in [0.5, 0.6) is 0 Å². The van der Waals surface area contributed by atoms with Gasteiger partial charge < -0.3 is 20.4 Å². The normalized spacial score (nSPS) is 18.9. The van der Waals surface area contributed by atoms with Crippen LogP contribution in [0, 0.1) is 0 Å². The highest BCUT2D eigenvalue weighted by Gasteiger charge is 2.23. The highest BCUT2D eigenvalue weighted by molar-refractivity contribution is 5.58. The van der Waals surface area contributed by atoms with Gasteiger partial charge in [-0.15, -0.1) is 0 Å². The molecular formula is C13H18N2O2. The third-order valence-corrected chi connectivity index (χ3v) is 2.91. The zero-order valence-corrected chi connectivity index (χ0v) is 10.2. The highest BCUT2D eigenvalue weighted by atomic mass is 16.3. The van der Waals surface area contributed by atoms with Crippen LogP contribution < -0.4 is 5.32 Å². The molecule has 0 aliphatic heterocycles. The molecule has 0 aromatic rings. The molecule has 0 aromatic carbocycles. The molecule has 0 bridgehead atoms. The number of nitrogens with zero attached hydrogens (tertiary/aromatic N) is 1. The molecule has 0 unspecified atom stereocenters. The van der Waals surface area contributed by atoms with Crippen molar-refractivity contribution in [2.75, 3.05) is 27.2 Å². The van der Waals surface area contributed by atoms with E-state index in [4.69, 9.17) is 0 Å². The van der Waals surface area contributed by atoms with Gasteiger partial charge in [-0.25, -0.2) is 0 Å². The standard InChI is InChI=1S/C13H18N2O2/c1-15(2)6-5-14-9-3-4-10-11(7-9)13(17)8-12(10)16/h3-4,8,14,16-17H,5-7H2,1-2H3. The summed E-state index contributed by atoms with van der Waals surface area (Å²) in [6.07, 6.45) is 5.84. The maximum absolute atomic E-state index is 9.67. The van der Waals surface area contributed by atoms with E-state index in [1.807, 2.05) is 26.2 Å². The lowest BCUT2D eigenvalue weighted by Gasteiger charge is -2.18. The van der Waals surface area contributed by atoms with Gasteiger partial charge in [0.2, 0.25) is 0 Å². The lowest BCUT2D eigenvalue weighted by Crippen LogP contribution is -2.26. The van der Waals surface area contributed by atoms with E-state index in [0.29, 0.717) is 6.42 Å². The van der Waals surface area contributed by atoms with E-state index < -0.39 is 0 Å². The molecule has 0 amide bonds. The molecule has 2 aliphatic rings. The van der Waals surface area contributed by atoms with E-state index in [-0.39, 0.29) is 11.5 Å². The van der Waals surface area contributed by atoms with Crippen molar-refractivity contribution in [1.29, 1.82) is 0 Å². The van der Waals surface area contributed by atoms with Crippen LogP contribution in [0.1, 0.15) is 6.42 Å². The second-order valence-corrected chi connectivity index (χ2v) is 4.57. The molecule has 0 spiro atoms. The fourth-order valence-corrected chi connectivity index (χ4v) is 1.95. The van der Waals surface area contributed by atoms with Crippen LogP contribution in [0.3, 0.4) is 0 Å². The number of likely N-dealkylation sites (N-methyl/N-ethyl adjacent to an activating group) is 1. The van der Waals surface area contributed by atoms with Crippen LogP contribution in [0.15, 0.2) is 46.6 Å². The Morgan fingerprint density at radius 3 is 2.76 bits per heavy atom. The molecule has 4 nitrogen and oxygen atoms in total. The van der Waals surface area contributed by atoms with Crippen molar-refractivity contribution in [1.82, 2.24) is 10.2 Å². The zero-order valence-electron chi connectivity index (χ0n) is 10.2. The van der Waals surface area contributed by atoms with Gasteiger partial charge in [0.1, 0.15) is 11.5 Å². The van der Waals surface area contributed by atoms with Crippen molar-refractivity contribution in [3.05, 3.63) is 46.6 Å². The Kier molecular flexibility index (Phi) is 3.24. The van der Waals surface area contributed by atoms with Gasteiger partial charge in [-0.1, -0.05) is 0 Å². The minimum atomic E-state index is 0.154. The van der Waals surface area contributed by atoms with E-state index in [9.17, 15) is 10.2 Å². The first-order valence-corrected chi connectivity index (χ1v) is 5.71. The van der Waals surface area contributed by atoms with Crippen molar-refractivity contribution in [2.45, 2.75) is 6.42 Å². The smallest absolute Gasteiger partial charge is 0.126 e. The Balaban J connectivity index is 1.99. The van der Waals surface area contributed by atoms with E-state index in [1.54, 1.807) is 0 Å². The number of rotatable bonds is 4. The Hall–Kier alpha value is -1.68. The van der Waals surface area contributed by atoms with Crippen LogP contribution >= 0.6 is 0 Å². The molecule has 0 saturated carbocycles. The summed E-state index contributed by atoms with van der Waals surface area (Å²) in [5, 5.41) is 22.6. The summed E-state index contributed by atoms with van der Waals surface area (Å²) in [5.41, 5.74) is 2.61. The van der Waals surface area contributed by atoms with Crippen molar-refractivity contribution in [2.24, 2.45) is 0 Å². The van der Waals surface area contributed by atoms with Crippen molar-refractivity contribution >= 4 is 0 Å². The van der Waals surface area contributed by atoms with Crippen LogP contribution in [-0.4, -0.2) is 42.3 Å². The van der Waals surface area contributed by atoms with Gasteiger partial charge in [-0.05, 0) is 26.2 Å². The first kappa shape index (κ1) is 11.8. The quantitative estimate of drug-likeness (QED) is 0.692. The van der Waals surface area contributed by atoms with E-state index in [1.165, 1.54) is 6.08 Å². The maximum Gasteiger partial charge on any atom is 0.126 e. The Morgan fingerprint density at radius 1 is 1.29 bits per heavy atom. The van der Waals surface area contributed by atoms with Crippen molar-refractivity contribution < 1.29 is 10.2 Å². The molecule has 0 radical (unpaired) electrons. The van der Waals surface area contributed by atoms with Crippen LogP contribution in [0.25, 0.3) is 0 Å². The van der Waals surface area contributed by atoms with Gasteiger partial charge in [-0.2, -0.15) is 0 Å². The van der Waals surface area contributed by atoms with Crippen LogP contribution in [0.2, 0.25) is 0 Å². The van der Waals surface area contributed by atoms with Gasteiger partial charge in [0.25, 0.3) is 0 Å². The van der Waals surface area contributed by atoms with Gasteiger partial charge in [-0.3, -0.25) is 0 Å². The minimum Gasteiger partial charge on any atom is -0.507 e. The predicted octanol–water partition coefficient (Wildman–Crippen LogP) is 1.62. The largest absolute Gasteiger partial charge is 0.507 e. The number of allylic oxidation sites excluding steroid dienone is 5. The van der Waals surface area contributed by atoms with Gasteiger partial charge in [0.05, 0.1) is 0 Å². The van der Waals surface area contributed by atoms with Crippen molar-refractivity contribution in [3.63, 3.8) is 0 Å². The molecule has 0 fully saturated rings. The predicted molar refractivity (Wildman–Crippen MR) is 67.7 cm³/mol. The molecule has 2 rings (SSSR count). The summed E-state index contributed by atoms with van der Waals surface area (Å²) in [5.74, 6) is 0.329. The van der Waals surface area contributed by atoms with E-state index in [2.05, 4.69) is 10.2 Å². The molecule has 17 heavy (non-hydrogen) atoms. The van der Waals surface area contributed by atoms with Gasteiger partial charge in [0.15, 0.2) is 0 Å². The summed E-state index contributed by atoms with van der Waals surface area (Å²) in [6.45, 7) is 1.83. The number of fused-ring (bicyclic) bond motifs is 1. The fraction of sp³-hybridized carbons (Fsp3) is 0.385. The maximum atomic E-state index is 9.67. The van der Waals surface area contributed by atoms with Crippen molar-refractivity contribution in [3.8, 4) is 0 Å². The summed E-state index contributed by atoms with van der Waals surface area (Å²) < 4.78 is 0. The van der Waals surface area contributed by atoms with Gasteiger partial charge in [0, 0.05) is 42.4 Å². The average molecular weight is 234 g/mol. The SMILES string of the molecule is CN(C)CCNC1=CC=C2C(O)=CC(O)=C2C1. The topological polar surface area (TPSA) is 55.7 Å². The van der Waals surface area contributed by atoms with E-state index >= 15 is 0 Å². The molecule has 0 heterocycles. The minimum absolute atomic E-state index is 0.154. The Morgan fingerprint density at radius 2 is 2.06 bits per heavy atom. The van der Waals surface area contributed by atoms with Gasteiger partial charge >= 0.3 is 0 Å². The zero-order chi connectivity index (χ0) is 12.4. The molecule has 92 valence electrons. The van der Waals surface area contributed by atoms with Crippen LogP contribution in [0.4, 0.5) is 0 Å². The lowest BCUT2D eigenvalue weighted by atomic mass is 9.97. The molecule has 0 aromatic heterocycles. The Labute approximate surface area is 101 Å². The number of aliphatic hydroxyl groups excluding tert-OH is 2.